The normalized spacial score (nSPS) is 20.1. The Labute approximate surface area is 63.4 Å². The fraction of sp³-hybridized carbons (Fsp3) is 1.00. The summed E-state index contributed by atoms with van der Waals surface area (Å²) in [5.41, 5.74) is 5.68. The van der Waals surface area contributed by atoms with E-state index in [9.17, 15) is 0 Å². The summed E-state index contributed by atoms with van der Waals surface area (Å²) >= 11 is 0. The minimum atomic E-state index is 0.272. The molecular formula is C8H20NO+. The molecule has 0 aromatic carbocycles. The van der Waals surface area contributed by atoms with Crippen LogP contribution in [0, 0.1) is 11.8 Å². The summed E-state index contributed by atoms with van der Waals surface area (Å²) in [6, 6.07) is 0.272. The number of hydrogen-bond acceptors (Lipinski definition) is 1. The van der Waals surface area contributed by atoms with E-state index in [1.807, 2.05) is 6.92 Å². The SMILES string of the molecule is CC(C[C@H](C)C[OH2+])[C@H](C)N. The van der Waals surface area contributed by atoms with Gasteiger partial charge in [0.05, 0.1) is 0 Å². The molecule has 0 aliphatic heterocycles. The zero-order valence-electron chi connectivity index (χ0n) is 7.22. The molecule has 62 valence electrons. The van der Waals surface area contributed by atoms with E-state index in [1.165, 1.54) is 0 Å². The first kappa shape index (κ1) is 9.92. The second-order valence-corrected chi connectivity index (χ2v) is 3.38. The van der Waals surface area contributed by atoms with E-state index in [1.54, 1.807) is 0 Å². The predicted molar refractivity (Wildman–Crippen MR) is 45.1 cm³/mol. The number of nitrogens with two attached hydrogens (primary N) is 1. The molecule has 3 atom stereocenters. The third-order valence-corrected chi connectivity index (χ3v) is 2.02. The van der Waals surface area contributed by atoms with E-state index >= 15 is 0 Å². The van der Waals surface area contributed by atoms with Gasteiger partial charge in [-0.2, -0.15) is 0 Å². The Morgan fingerprint density at radius 3 is 2.10 bits per heavy atom. The fourth-order valence-electron chi connectivity index (χ4n) is 0.933. The largest absolute Gasteiger partial charge is 0.445 e. The lowest BCUT2D eigenvalue weighted by Crippen LogP contribution is -2.26. The molecule has 0 aliphatic rings. The van der Waals surface area contributed by atoms with Crippen LogP contribution in [0.1, 0.15) is 27.2 Å². The third kappa shape index (κ3) is 3.85. The van der Waals surface area contributed by atoms with Crippen molar-refractivity contribution < 1.29 is 5.11 Å². The molecule has 0 aromatic rings. The van der Waals surface area contributed by atoms with Crippen molar-refractivity contribution in [1.82, 2.24) is 0 Å². The molecule has 0 amide bonds. The topological polar surface area (TPSA) is 48.9 Å². The molecule has 0 aromatic heterocycles. The Balaban J connectivity index is 3.46. The molecule has 0 saturated heterocycles. The third-order valence-electron chi connectivity index (χ3n) is 2.02. The molecule has 0 rings (SSSR count). The Kier molecular flexibility index (Phi) is 4.65. The molecule has 0 spiro atoms. The summed E-state index contributed by atoms with van der Waals surface area (Å²) in [6.45, 7) is 6.81. The summed E-state index contributed by atoms with van der Waals surface area (Å²) in [5, 5.41) is 7.10. The molecule has 0 radical (unpaired) electrons. The van der Waals surface area contributed by atoms with Crippen LogP contribution in [0.2, 0.25) is 0 Å². The van der Waals surface area contributed by atoms with Gasteiger partial charge in [-0.1, -0.05) is 13.8 Å². The second kappa shape index (κ2) is 4.69. The van der Waals surface area contributed by atoms with Crippen LogP contribution in [0.5, 0.6) is 0 Å². The standard InChI is InChI=1S/C8H19NO/c1-6(5-10)4-7(2)8(3)9/h6-8,10H,4-5,9H2,1-3H3/p+1/t6-,7?,8-/m0/s1. The number of rotatable bonds is 4. The van der Waals surface area contributed by atoms with Crippen molar-refractivity contribution >= 4 is 0 Å². The zero-order chi connectivity index (χ0) is 8.15. The van der Waals surface area contributed by atoms with E-state index in [0.29, 0.717) is 18.4 Å². The van der Waals surface area contributed by atoms with E-state index in [4.69, 9.17) is 10.8 Å². The minimum Gasteiger partial charge on any atom is -0.445 e. The smallest absolute Gasteiger partial charge is 0.146 e. The van der Waals surface area contributed by atoms with Crippen LogP contribution in [0.3, 0.4) is 0 Å². The van der Waals surface area contributed by atoms with Crippen LogP contribution >= 0.6 is 0 Å². The Morgan fingerprint density at radius 2 is 1.80 bits per heavy atom. The van der Waals surface area contributed by atoms with E-state index in [-0.39, 0.29) is 6.04 Å². The molecule has 10 heavy (non-hydrogen) atoms. The highest BCUT2D eigenvalue weighted by Gasteiger charge is 2.12. The molecule has 0 bridgehead atoms. The minimum absolute atomic E-state index is 0.272. The van der Waals surface area contributed by atoms with Crippen LogP contribution in [0.25, 0.3) is 0 Å². The Bertz CT molecular complexity index is 83.3. The molecule has 0 aliphatic carbocycles. The maximum atomic E-state index is 7.10. The van der Waals surface area contributed by atoms with Crippen LogP contribution < -0.4 is 5.73 Å². The van der Waals surface area contributed by atoms with E-state index in [2.05, 4.69) is 13.8 Å². The van der Waals surface area contributed by atoms with Crippen molar-refractivity contribution in [2.24, 2.45) is 17.6 Å². The highest BCUT2D eigenvalue weighted by Crippen LogP contribution is 2.12. The average molecular weight is 146 g/mol. The van der Waals surface area contributed by atoms with Crippen molar-refractivity contribution in [3.8, 4) is 0 Å². The summed E-state index contributed by atoms with van der Waals surface area (Å²) in [5.74, 6) is 1.06. The van der Waals surface area contributed by atoms with Gasteiger partial charge in [0.2, 0.25) is 0 Å². The van der Waals surface area contributed by atoms with Crippen molar-refractivity contribution in [2.75, 3.05) is 6.61 Å². The van der Waals surface area contributed by atoms with Crippen LogP contribution in [-0.2, 0) is 0 Å². The molecule has 2 nitrogen and oxygen atoms in total. The van der Waals surface area contributed by atoms with Gasteiger partial charge in [0.1, 0.15) is 6.61 Å². The predicted octanol–water partition coefficient (Wildman–Crippen LogP) is 0.721. The van der Waals surface area contributed by atoms with Crippen LogP contribution in [0.15, 0.2) is 0 Å². The lowest BCUT2D eigenvalue weighted by molar-refractivity contribution is 0.210. The molecule has 0 heterocycles. The maximum Gasteiger partial charge on any atom is 0.146 e. The fourth-order valence-corrected chi connectivity index (χ4v) is 0.933. The van der Waals surface area contributed by atoms with Gasteiger partial charge in [-0.05, 0) is 19.3 Å². The molecular weight excluding hydrogens is 126 g/mol. The Hall–Kier alpha value is -0.0800. The van der Waals surface area contributed by atoms with Gasteiger partial charge in [0, 0.05) is 12.0 Å². The van der Waals surface area contributed by atoms with Crippen LogP contribution in [-0.4, -0.2) is 17.8 Å². The van der Waals surface area contributed by atoms with Gasteiger partial charge >= 0.3 is 0 Å². The zero-order valence-corrected chi connectivity index (χ0v) is 7.22. The molecule has 1 unspecified atom stereocenters. The quantitative estimate of drug-likeness (QED) is 0.584. The maximum absolute atomic E-state index is 7.10. The van der Waals surface area contributed by atoms with Crippen molar-refractivity contribution in [3.63, 3.8) is 0 Å². The van der Waals surface area contributed by atoms with Crippen molar-refractivity contribution in [2.45, 2.75) is 33.2 Å². The molecule has 0 saturated carbocycles. The first-order chi connectivity index (χ1) is 4.57. The summed E-state index contributed by atoms with van der Waals surface area (Å²) in [7, 11) is 0. The van der Waals surface area contributed by atoms with Crippen LogP contribution in [0.4, 0.5) is 0 Å². The molecule has 4 N–H and O–H groups in total. The van der Waals surface area contributed by atoms with E-state index in [0.717, 1.165) is 6.42 Å². The van der Waals surface area contributed by atoms with E-state index < -0.39 is 0 Å². The van der Waals surface area contributed by atoms with Gasteiger partial charge in [-0.25, -0.2) is 0 Å². The van der Waals surface area contributed by atoms with Gasteiger partial charge in [-0.3, -0.25) is 0 Å². The monoisotopic (exact) mass is 146 g/mol. The van der Waals surface area contributed by atoms with Gasteiger partial charge in [0.25, 0.3) is 0 Å². The second-order valence-electron chi connectivity index (χ2n) is 3.38. The number of hydrogen-bond donors (Lipinski definition) is 1. The highest BCUT2D eigenvalue weighted by atomic mass is 16.3. The van der Waals surface area contributed by atoms with Gasteiger partial charge < -0.3 is 10.8 Å². The first-order valence-corrected chi connectivity index (χ1v) is 3.98. The summed E-state index contributed by atoms with van der Waals surface area (Å²) in [6.07, 6.45) is 1.08. The molecule has 0 fully saturated rings. The van der Waals surface area contributed by atoms with Crippen molar-refractivity contribution in [3.05, 3.63) is 0 Å². The van der Waals surface area contributed by atoms with Gasteiger partial charge in [-0.15, -0.1) is 0 Å². The summed E-state index contributed by atoms with van der Waals surface area (Å²) < 4.78 is 0. The van der Waals surface area contributed by atoms with Gasteiger partial charge in [0.15, 0.2) is 0 Å². The molecule has 2 heteroatoms. The Morgan fingerprint density at radius 1 is 1.30 bits per heavy atom. The average Bonchev–Trinajstić information content (AvgIpc) is 1.87. The highest BCUT2D eigenvalue weighted by molar-refractivity contribution is 4.66. The van der Waals surface area contributed by atoms with Crippen molar-refractivity contribution in [1.29, 1.82) is 0 Å². The lowest BCUT2D eigenvalue weighted by atomic mass is 9.93. The first-order valence-electron chi connectivity index (χ1n) is 3.98. The lowest BCUT2D eigenvalue weighted by Gasteiger charge is -2.17. The summed E-state index contributed by atoms with van der Waals surface area (Å²) in [4.78, 5) is 0.